The van der Waals surface area contributed by atoms with E-state index in [1.807, 2.05) is 0 Å². The standard InChI is InChI=1S/C17H21NO6/c1-11(18(2)17(20)22-8-7-21-13-4-5-13)16(19)12-3-6-14-15(9-12)24-10-23-14/h3,6,9,11,13H,4-5,7-8,10H2,1-2H3/t11-/m0/s1. The Balaban J connectivity index is 1.52. The molecule has 0 bridgehead atoms. The van der Waals surface area contributed by atoms with E-state index < -0.39 is 12.1 Å². The van der Waals surface area contributed by atoms with E-state index in [1.165, 1.54) is 4.90 Å². The number of ether oxygens (including phenoxy) is 4. The van der Waals surface area contributed by atoms with Crippen LogP contribution in [0.4, 0.5) is 4.79 Å². The molecule has 1 aliphatic carbocycles. The summed E-state index contributed by atoms with van der Waals surface area (Å²) in [5.41, 5.74) is 0.462. The van der Waals surface area contributed by atoms with Crippen LogP contribution in [-0.2, 0) is 9.47 Å². The van der Waals surface area contributed by atoms with Gasteiger partial charge in [0.15, 0.2) is 17.3 Å². The zero-order valence-corrected chi connectivity index (χ0v) is 13.8. The van der Waals surface area contributed by atoms with Crippen molar-refractivity contribution in [3.63, 3.8) is 0 Å². The average Bonchev–Trinajstić information content (AvgIpc) is 3.30. The number of likely N-dealkylation sites (N-methyl/N-ethyl adjacent to an activating group) is 1. The van der Waals surface area contributed by atoms with Gasteiger partial charge in [-0.25, -0.2) is 4.79 Å². The third-order valence-electron chi connectivity index (χ3n) is 4.09. The number of rotatable bonds is 7. The van der Waals surface area contributed by atoms with E-state index in [0.717, 1.165) is 12.8 Å². The number of nitrogens with zero attached hydrogens (tertiary/aromatic N) is 1. The number of hydrogen-bond acceptors (Lipinski definition) is 6. The van der Waals surface area contributed by atoms with Crippen molar-refractivity contribution in [3.05, 3.63) is 23.8 Å². The molecule has 1 saturated carbocycles. The van der Waals surface area contributed by atoms with Crippen LogP contribution in [0.25, 0.3) is 0 Å². The van der Waals surface area contributed by atoms with Gasteiger partial charge >= 0.3 is 6.09 Å². The van der Waals surface area contributed by atoms with Crippen LogP contribution in [0, 0.1) is 0 Å². The predicted octanol–water partition coefficient (Wildman–Crippen LogP) is 2.23. The highest BCUT2D eigenvalue weighted by molar-refractivity contribution is 6.01. The van der Waals surface area contributed by atoms with E-state index in [-0.39, 0.29) is 19.2 Å². The van der Waals surface area contributed by atoms with Gasteiger partial charge in [-0.05, 0) is 38.0 Å². The Morgan fingerprint density at radius 2 is 2.00 bits per heavy atom. The molecule has 3 rings (SSSR count). The van der Waals surface area contributed by atoms with Crippen molar-refractivity contribution < 1.29 is 28.5 Å². The number of benzene rings is 1. The summed E-state index contributed by atoms with van der Waals surface area (Å²) in [6, 6.07) is 4.33. The van der Waals surface area contributed by atoms with E-state index in [0.29, 0.717) is 29.8 Å². The lowest BCUT2D eigenvalue weighted by molar-refractivity contribution is 0.0458. The van der Waals surface area contributed by atoms with Crippen molar-refractivity contribution in [2.45, 2.75) is 31.9 Å². The lowest BCUT2D eigenvalue weighted by Crippen LogP contribution is -2.41. The third kappa shape index (κ3) is 3.79. The highest BCUT2D eigenvalue weighted by Gasteiger charge is 2.26. The molecule has 7 heteroatoms. The van der Waals surface area contributed by atoms with Crippen molar-refractivity contribution in [1.29, 1.82) is 0 Å². The number of carbonyl (C=O) groups is 2. The fraction of sp³-hybridized carbons (Fsp3) is 0.529. The highest BCUT2D eigenvalue weighted by Crippen LogP contribution is 2.33. The molecule has 130 valence electrons. The maximum atomic E-state index is 12.5. The molecular formula is C17H21NO6. The number of amides is 1. The van der Waals surface area contributed by atoms with Crippen molar-refractivity contribution in [3.8, 4) is 11.5 Å². The summed E-state index contributed by atoms with van der Waals surface area (Å²) in [4.78, 5) is 25.8. The molecule has 1 fully saturated rings. The summed E-state index contributed by atoms with van der Waals surface area (Å²) in [6.45, 7) is 2.38. The molecule has 0 aromatic heterocycles. The van der Waals surface area contributed by atoms with Gasteiger partial charge in [-0.1, -0.05) is 0 Å². The van der Waals surface area contributed by atoms with E-state index in [4.69, 9.17) is 18.9 Å². The van der Waals surface area contributed by atoms with Gasteiger partial charge in [0, 0.05) is 12.6 Å². The summed E-state index contributed by atoms with van der Waals surface area (Å²) >= 11 is 0. The second-order valence-corrected chi connectivity index (χ2v) is 5.90. The van der Waals surface area contributed by atoms with E-state index in [2.05, 4.69) is 0 Å². The summed E-state index contributed by atoms with van der Waals surface area (Å²) in [5, 5.41) is 0. The Kier molecular flexibility index (Phi) is 4.89. The molecule has 0 radical (unpaired) electrons. The van der Waals surface area contributed by atoms with Crippen LogP contribution in [0.3, 0.4) is 0 Å². The summed E-state index contributed by atoms with van der Waals surface area (Å²) < 4.78 is 21.0. The zero-order valence-electron chi connectivity index (χ0n) is 13.8. The molecule has 1 atom stereocenters. The topological polar surface area (TPSA) is 74.3 Å². The van der Waals surface area contributed by atoms with Gasteiger partial charge in [0.25, 0.3) is 0 Å². The summed E-state index contributed by atoms with van der Waals surface area (Å²) in [5.74, 6) is 0.958. The number of carbonyl (C=O) groups excluding carboxylic acids is 2. The van der Waals surface area contributed by atoms with Gasteiger partial charge in [-0.3, -0.25) is 4.79 Å². The van der Waals surface area contributed by atoms with Crippen molar-refractivity contribution in [2.24, 2.45) is 0 Å². The number of hydrogen-bond donors (Lipinski definition) is 0. The first-order valence-electron chi connectivity index (χ1n) is 8.01. The monoisotopic (exact) mass is 335 g/mol. The fourth-order valence-corrected chi connectivity index (χ4v) is 2.31. The lowest BCUT2D eigenvalue weighted by Gasteiger charge is -2.23. The van der Waals surface area contributed by atoms with Crippen LogP contribution < -0.4 is 9.47 Å². The minimum Gasteiger partial charge on any atom is -0.454 e. The highest BCUT2D eigenvalue weighted by atomic mass is 16.7. The molecule has 0 unspecified atom stereocenters. The molecule has 7 nitrogen and oxygen atoms in total. The normalized spacial score (nSPS) is 16.6. The van der Waals surface area contributed by atoms with E-state index in [9.17, 15) is 9.59 Å². The van der Waals surface area contributed by atoms with Crippen molar-refractivity contribution in [1.82, 2.24) is 4.90 Å². The van der Waals surface area contributed by atoms with Gasteiger partial charge in [-0.2, -0.15) is 0 Å². The predicted molar refractivity (Wildman–Crippen MR) is 84.4 cm³/mol. The molecule has 24 heavy (non-hydrogen) atoms. The molecule has 1 aliphatic heterocycles. The lowest BCUT2D eigenvalue weighted by atomic mass is 10.0. The Labute approximate surface area is 140 Å². The maximum absolute atomic E-state index is 12.5. The van der Waals surface area contributed by atoms with Gasteiger partial charge in [0.1, 0.15) is 6.61 Å². The molecular weight excluding hydrogens is 314 g/mol. The van der Waals surface area contributed by atoms with Gasteiger partial charge < -0.3 is 23.8 Å². The van der Waals surface area contributed by atoms with Gasteiger partial charge in [0.05, 0.1) is 18.8 Å². The maximum Gasteiger partial charge on any atom is 0.410 e. The first-order chi connectivity index (χ1) is 11.6. The molecule has 1 aromatic carbocycles. The molecule has 0 spiro atoms. The second-order valence-electron chi connectivity index (χ2n) is 5.90. The Morgan fingerprint density at radius 1 is 1.25 bits per heavy atom. The quantitative estimate of drug-likeness (QED) is 0.562. The molecule has 2 aliphatic rings. The molecule has 1 heterocycles. The van der Waals surface area contributed by atoms with Crippen molar-refractivity contribution >= 4 is 11.9 Å². The number of Topliss-reactive ketones (excluding diaryl/α,β-unsaturated/α-hetero) is 1. The van der Waals surface area contributed by atoms with E-state index >= 15 is 0 Å². The van der Waals surface area contributed by atoms with E-state index in [1.54, 1.807) is 32.2 Å². The van der Waals surface area contributed by atoms with Crippen LogP contribution in [0.1, 0.15) is 30.1 Å². The van der Waals surface area contributed by atoms with Gasteiger partial charge in [0.2, 0.25) is 6.79 Å². The Hall–Kier alpha value is -2.28. The fourth-order valence-electron chi connectivity index (χ4n) is 2.31. The smallest absolute Gasteiger partial charge is 0.410 e. The van der Waals surface area contributed by atoms with Crippen LogP contribution in [0.2, 0.25) is 0 Å². The average molecular weight is 335 g/mol. The SMILES string of the molecule is C[C@@H](C(=O)c1ccc2c(c1)OCO2)N(C)C(=O)OCCOC1CC1. The number of ketones is 1. The molecule has 0 N–H and O–H groups in total. The Morgan fingerprint density at radius 3 is 2.75 bits per heavy atom. The second kappa shape index (κ2) is 7.09. The van der Waals surface area contributed by atoms with Crippen LogP contribution in [0.15, 0.2) is 18.2 Å². The first kappa shape index (κ1) is 16.6. The minimum absolute atomic E-state index is 0.150. The zero-order chi connectivity index (χ0) is 17.1. The van der Waals surface area contributed by atoms with Gasteiger partial charge in [-0.15, -0.1) is 0 Å². The van der Waals surface area contributed by atoms with Crippen LogP contribution >= 0.6 is 0 Å². The summed E-state index contributed by atoms with van der Waals surface area (Å²) in [7, 11) is 1.54. The molecule has 1 amide bonds. The minimum atomic E-state index is -0.651. The van der Waals surface area contributed by atoms with Crippen LogP contribution in [-0.4, -0.2) is 56.0 Å². The summed E-state index contributed by atoms with van der Waals surface area (Å²) in [6.07, 6.45) is 1.94. The molecule has 1 aromatic rings. The third-order valence-corrected chi connectivity index (χ3v) is 4.09. The van der Waals surface area contributed by atoms with Crippen molar-refractivity contribution in [2.75, 3.05) is 27.1 Å². The van der Waals surface area contributed by atoms with Crippen LogP contribution in [0.5, 0.6) is 11.5 Å². The Bertz CT molecular complexity index is 628. The first-order valence-corrected chi connectivity index (χ1v) is 8.01. The largest absolute Gasteiger partial charge is 0.454 e. The molecule has 0 saturated heterocycles. The number of fused-ring (bicyclic) bond motifs is 1.